The van der Waals surface area contributed by atoms with Gasteiger partial charge < -0.3 is 9.84 Å². The molecule has 15 heavy (non-hydrogen) atoms. The highest BCUT2D eigenvalue weighted by Gasteiger charge is 2.37. The SMILES string of the molecule is O=C1OCCC1N(CCCO)C1CCC1. The number of aliphatic hydroxyl groups is 1. The molecule has 0 aromatic heterocycles. The van der Waals surface area contributed by atoms with E-state index in [2.05, 4.69) is 4.90 Å². The molecule has 1 unspecified atom stereocenters. The fourth-order valence-electron chi connectivity index (χ4n) is 2.35. The number of ether oxygens (including phenoxy) is 1. The smallest absolute Gasteiger partial charge is 0.323 e. The fraction of sp³-hybridized carbons (Fsp3) is 0.909. The zero-order valence-electron chi connectivity index (χ0n) is 9.02. The van der Waals surface area contributed by atoms with Gasteiger partial charge in [0, 0.05) is 25.6 Å². The molecule has 1 heterocycles. The van der Waals surface area contributed by atoms with Gasteiger partial charge in [-0.15, -0.1) is 0 Å². The van der Waals surface area contributed by atoms with Crippen molar-refractivity contribution in [3.05, 3.63) is 0 Å². The zero-order chi connectivity index (χ0) is 10.7. The van der Waals surface area contributed by atoms with E-state index in [4.69, 9.17) is 9.84 Å². The van der Waals surface area contributed by atoms with Gasteiger partial charge in [-0.3, -0.25) is 9.69 Å². The number of nitrogens with zero attached hydrogens (tertiary/aromatic N) is 1. The maximum Gasteiger partial charge on any atom is 0.323 e. The van der Waals surface area contributed by atoms with Crippen molar-refractivity contribution >= 4 is 5.97 Å². The second kappa shape index (κ2) is 4.94. The van der Waals surface area contributed by atoms with E-state index in [1.54, 1.807) is 0 Å². The Morgan fingerprint density at radius 2 is 2.20 bits per heavy atom. The van der Waals surface area contributed by atoms with Crippen LogP contribution in [0.25, 0.3) is 0 Å². The fourth-order valence-corrected chi connectivity index (χ4v) is 2.35. The predicted octanol–water partition coefficient (Wildman–Crippen LogP) is 0.539. The first-order valence-corrected chi connectivity index (χ1v) is 5.86. The van der Waals surface area contributed by atoms with Crippen molar-refractivity contribution < 1.29 is 14.6 Å². The van der Waals surface area contributed by atoms with E-state index < -0.39 is 0 Å². The molecule has 1 saturated heterocycles. The van der Waals surface area contributed by atoms with Crippen molar-refractivity contribution in [1.29, 1.82) is 0 Å². The van der Waals surface area contributed by atoms with E-state index in [9.17, 15) is 4.79 Å². The molecule has 2 rings (SSSR count). The molecule has 1 saturated carbocycles. The molecule has 1 atom stereocenters. The van der Waals surface area contributed by atoms with E-state index in [-0.39, 0.29) is 18.6 Å². The predicted molar refractivity (Wildman–Crippen MR) is 55.4 cm³/mol. The van der Waals surface area contributed by atoms with Crippen molar-refractivity contribution in [3.63, 3.8) is 0 Å². The van der Waals surface area contributed by atoms with Crippen LogP contribution in [-0.4, -0.2) is 47.8 Å². The van der Waals surface area contributed by atoms with Gasteiger partial charge in [0.15, 0.2) is 0 Å². The summed E-state index contributed by atoms with van der Waals surface area (Å²) < 4.78 is 5.00. The summed E-state index contributed by atoms with van der Waals surface area (Å²) in [6.45, 7) is 1.58. The first-order valence-electron chi connectivity index (χ1n) is 5.86. The number of carbonyl (C=O) groups is 1. The summed E-state index contributed by atoms with van der Waals surface area (Å²) in [7, 11) is 0. The summed E-state index contributed by atoms with van der Waals surface area (Å²) in [6.07, 6.45) is 5.22. The molecular formula is C11H19NO3. The highest BCUT2D eigenvalue weighted by atomic mass is 16.5. The molecule has 1 aliphatic carbocycles. The Balaban J connectivity index is 1.93. The highest BCUT2D eigenvalue weighted by molar-refractivity contribution is 5.77. The Morgan fingerprint density at radius 1 is 1.40 bits per heavy atom. The summed E-state index contributed by atoms with van der Waals surface area (Å²) in [4.78, 5) is 13.7. The van der Waals surface area contributed by atoms with Gasteiger partial charge in [-0.2, -0.15) is 0 Å². The molecule has 0 amide bonds. The molecular weight excluding hydrogens is 194 g/mol. The maximum atomic E-state index is 11.5. The highest BCUT2D eigenvalue weighted by Crippen LogP contribution is 2.29. The summed E-state index contributed by atoms with van der Waals surface area (Å²) in [5.41, 5.74) is 0. The second-order valence-corrected chi connectivity index (χ2v) is 4.37. The van der Waals surface area contributed by atoms with Crippen LogP contribution < -0.4 is 0 Å². The molecule has 2 fully saturated rings. The third-order valence-electron chi connectivity index (χ3n) is 3.43. The standard InChI is InChI=1S/C11H19NO3/c13-7-2-6-12(9-3-1-4-9)10-5-8-15-11(10)14/h9-10,13H,1-8H2. The van der Waals surface area contributed by atoms with Gasteiger partial charge in [-0.25, -0.2) is 0 Å². The lowest BCUT2D eigenvalue weighted by Crippen LogP contribution is -2.49. The lowest BCUT2D eigenvalue weighted by molar-refractivity contribution is -0.143. The summed E-state index contributed by atoms with van der Waals surface area (Å²) in [5.74, 6) is -0.0696. The quantitative estimate of drug-likeness (QED) is 0.677. The normalized spacial score (nSPS) is 26.8. The Morgan fingerprint density at radius 3 is 2.67 bits per heavy atom. The Bertz CT molecular complexity index is 228. The number of cyclic esters (lactones) is 1. The van der Waals surface area contributed by atoms with Crippen LogP contribution >= 0.6 is 0 Å². The molecule has 0 spiro atoms. The lowest BCUT2D eigenvalue weighted by atomic mass is 9.90. The van der Waals surface area contributed by atoms with Crippen LogP contribution in [0.4, 0.5) is 0 Å². The monoisotopic (exact) mass is 213 g/mol. The first-order chi connectivity index (χ1) is 7.33. The van der Waals surface area contributed by atoms with Crippen molar-refractivity contribution in [2.75, 3.05) is 19.8 Å². The Hall–Kier alpha value is -0.610. The van der Waals surface area contributed by atoms with Gasteiger partial charge in [-0.05, 0) is 19.3 Å². The minimum Gasteiger partial charge on any atom is -0.464 e. The third-order valence-corrected chi connectivity index (χ3v) is 3.43. The number of esters is 1. The largest absolute Gasteiger partial charge is 0.464 e. The number of carbonyl (C=O) groups excluding carboxylic acids is 1. The van der Waals surface area contributed by atoms with Crippen LogP contribution in [0.3, 0.4) is 0 Å². The summed E-state index contributed by atoms with van der Waals surface area (Å²) in [6, 6.07) is 0.508. The number of hydrogen-bond acceptors (Lipinski definition) is 4. The van der Waals surface area contributed by atoms with Gasteiger partial charge in [0.05, 0.1) is 6.61 Å². The van der Waals surface area contributed by atoms with Crippen molar-refractivity contribution in [2.24, 2.45) is 0 Å². The lowest BCUT2D eigenvalue weighted by Gasteiger charge is -2.39. The van der Waals surface area contributed by atoms with Crippen LogP contribution in [0.1, 0.15) is 32.1 Å². The van der Waals surface area contributed by atoms with Crippen LogP contribution in [0, 0.1) is 0 Å². The van der Waals surface area contributed by atoms with Crippen molar-refractivity contribution in [3.8, 4) is 0 Å². The number of aliphatic hydroxyl groups excluding tert-OH is 1. The average molecular weight is 213 g/mol. The van der Waals surface area contributed by atoms with Gasteiger partial charge >= 0.3 is 5.97 Å². The van der Waals surface area contributed by atoms with E-state index >= 15 is 0 Å². The second-order valence-electron chi connectivity index (χ2n) is 4.37. The molecule has 2 aliphatic rings. The van der Waals surface area contributed by atoms with Gasteiger partial charge in [-0.1, -0.05) is 6.42 Å². The molecule has 0 radical (unpaired) electrons. The topological polar surface area (TPSA) is 49.8 Å². The molecule has 86 valence electrons. The first kappa shape index (κ1) is 10.9. The summed E-state index contributed by atoms with van der Waals surface area (Å²) in [5, 5.41) is 8.85. The van der Waals surface area contributed by atoms with Crippen LogP contribution in [-0.2, 0) is 9.53 Å². The Kier molecular flexibility index (Phi) is 3.59. The van der Waals surface area contributed by atoms with E-state index in [1.807, 2.05) is 0 Å². The molecule has 4 nitrogen and oxygen atoms in total. The molecule has 0 aromatic carbocycles. The number of hydrogen-bond donors (Lipinski definition) is 1. The maximum absolute atomic E-state index is 11.5. The van der Waals surface area contributed by atoms with E-state index in [0.717, 1.165) is 19.4 Å². The molecule has 4 heteroatoms. The minimum atomic E-state index is -0.0696. The average Bonchev–Trinajstić information content (AvgIpc) is 2.55. The zero-order valence-corrected chi connectivity index (χ0v) is 9.02. The molecule has 1 N–H and O–H groups in total. The van der Waals surface area contributed by atoms with Crippen LogP contribution in [0.5, 0.6) is 0 Å². The van der Waals surface area contributed by atoms with Gasteiger partial charge in [0.2, 0.25) is 0 Å². The van der Waals surface area contributed by atoms with Crippen molar-refractivity contribution in [2.45, 2.75) is 44.2 Å². The summed E-state index contributed by atoms with van der Waals surface area (Å²) >= 11 is 0. The Labute approximate surface area is 90.2 Å². The van der Waals surface area contributed by atoms with Gasteiger partial charge in [0.25, 0.3) is 0 Å². The molecule has 0 bridgehead atoms. The van der Waals surface area contributed by atoms with Gasteiger partial charge in [0.1, 0.15) is 6.04 Å². The molecule has 0 aromatic rings. The van der Waals surface area contributed by atoms with E-state index in [0.29, 0.717) is 12.6 Å². The molecule has 1 aliphatic heterocycles. The third kappa shape index (κ3) is 2.32. The van der Waals surface area contributed by atoms with Crippen LogP contribution in [0.2, 0.25) is 0 Å². The minimum absolute atomic E-state index is 0.0400. The van der Waals surface area contributed by atoms with Crippen LogP contribution in [0.15, 0.2) is 0 Å². The van der Waals surface area contributed by atoms with E-state index in [1.165, 1.54) is 19.3 Å². The van der Waals surface area contributed by atoms with Crippen molar-refractivity contribution in [1.82, 2.24) is 4.90 Å². The number of rotatable bonds is 5.